The Balaban J connectivity index is 1.97. The third-order valence-electron chi connectivity index (χ3n) is 2.63. The Morgan fingerprint density at radius 2 is 1.83 bits per heavy atom. The second-order valence-electron chi connectivity index (χ2n) is 4.23. The lowest BCUT2D eigenvalue weighted by Crippen LogP contribution is -2.10. The van der Waals surface area contributed by atoms with E-state index in [4.69, 9.17) is 0 Å². The Kier molecular flexibility index (Phi) is 4.25. The normalized spacial score (nSPS) is 10.3. The highest BCUT2D eigenvalue weighted by Gasteiger charge is 1.98. The first-order valence-corrected chi connectivity index (χ1v) is 6.04. The Hall–Kier alpha value is -1.94. The molecule has 0 aliphatic rings. The van der Waals surface area contributed by atoms with E-state index in [1.54, 1.807) is 6.20 Å². The van der Waals surface area contributed by atoms with Crippen molar-refractivity contribution in [1.29, 1.82) is 0 Å². The van der Waals surface area contributed by atoms with Crippen LogP contribution in [0.15, 0.2) is 36.5 Å². The van der Waals surface area contributed by atoms with Gasteiger partial charge in [0.05, 0.1) is 6.54 Å². The lowest BCUT2D eigenvalue weighted by Gasteiger charge is -2.07. The van der Waals surface area contributed by atoms with Crippen molar-refractivity contribution >= 4 is 5.82 Å². The maximum Gasteiger partial charge on any atom is 0.144 e. The number of hydrogen-bond donors (Lipinski definition) is 2. The van der Waals surface area contributed by atoms with Crippen LogP contribution in [-0.4, -0.2) is 17.0 Å². The molecule has 0 radical (unpaired) electrons. The minimum Gasteiger partial charge on any atom is -0.366 e. The quantitative estimate of drug-likeness (QED) is 0.843. The standard InChI is InChI=1S/C14H18N4/c1-11-3-5-12(6-4-11)9-17-13-7-8-16-14(18-13)10-15-2/h3-8,15H,9-10H2,1-2H3,(H,16,17,18). The van der Waals surface area contributed by atoms with Crippen molar-refractivity contribution in [3.63, 3.8) is 0 Å². The van der Waals surface area contributed by atoms with Crippen LogP contribution in [0.3, 0.4) is 0 Å². The van der Waals surface area contributed by atoms with Crippen LogP contribution < -0.4 is 10.6 Å². The summed E-state index contributed by atoms with van der Waals surface area (Å²) in [5.74, 6) is 1.65. The SMILES string of the molecule is CNCc1nccc(NCc2ccc(C)cc2)n1. The Labute approximate surface area is 107 Å². The third-order valence-corrected chi connectivity index (χ3v) is 2.63. The molecule has 0 fully saturated rings. The van der Waals surface area contributed by atoms with Gasteiger partial charge in [-0.25, -0.2) is 9.97 Å². The highest BCUT2D eigenvalue weighted by atomic mass is 15.0. The predicted octanol–water partition coefficient (Wildman–Crippen LogP) is 2.12. The average Bonchev–Trinajstić information content (AvgIpc) is 2.39. The van der Waals surface area contributed by atoms with Gasteiger partial charge in [0.25, 0.3) is 0 Å². The lowest BCUT2D eigenvalue weighted by molar-refractivity contribution is 0.758. The van der Waals surface area contributed by atoms with Crippen molar-refractivity contribution in [2.75, 3.05) is 12.4 Å². The highest BCUT2D eigenvalue weighted by molar-refractivity contribution is 5.35. The van der Waals surface area contributed by atoms with Gasteiger partial charge in [0.2, 0.25) is 0 Å². The van der Waals surface area contributed by atoms with E-state index in [-0.39, 0.29) is 0 Å². The largest absolute Gasteiger partial charge is 0.366 e. The lowest BCUT2D eigenvalue weighted by atomic mass is 10.1. The molecule has 0 saturated heterocycles. The minimum atomic E-state index is 0.681. The minimum absolute atomic E-state index is 0.681. The molecule has 0 unspecified atom stereocenters. The number of rotatable bonds is 5. The number of hydrogen-bond acceptors (Lipinski definition) is 4. The molecule has 0 saturated carbocycles. The molecule has 2 rings (SSSR count). The van der Waals surface area contributed by atoms with Crippen LogP contribution >= 0.6 is 0 Å². The van der Waals surface area contributed by atoms with Gasteiger partial charge in [-0.1, -0.05) is 29.8 Å². The molecule has 0 amide bonds. The van der Waals surface area contributed by atoms with E-state index in [9.17, 15) is 0 Å². The monoisotopic (exact) mass is 242 g/mol. The van der Waals surface area contributed by atoms with E-state index in [2.05, 4.69) is 51.8 Å². The van der Waals surface area contributed by atoms with Crippen LogP contribution in [0.1, 0.15) is 17.0 Å². The van der Waals surface area contributed by atoms with Crippen LogP contribution in [0, 0.1) is 6.92 Å². The summed E-state index contributed by atoms with van der Waals surface area (Å²) in [7, 11) is 1.88. The number of benzene rings is 1. The molecule has 2 aromatic rings. The molecular formula is C14H18N4. The number of aryl methyl sites for hydroxylation is 1. The first-order valence-electron chi connectivity index (χ1n) is 6.04. The zero-order valence-corrected chi connectivity index (χ0v) is 10.8. The van der Waals surface area contributed by atoms with Crippen LogP contribution in [0.5, 0.6) is 0 Å². The van der Waals surface area contributed by atoms with Crippen molar-refractivity contribution in [2.24, 2.45) is 0 Å². The van der Waals surface area contributed by atoms with E-state index in [1.807, 2.05) is 13.1 Å². The van der Waals surface area contributed by atoms with Gasteiger partial charge < -0.3 is 10.6 Å². The second kappa shape index (κ2) is 6.12. The molecule has 0 atom stereocenters. The summed E-state index contributed by atoms with van der Waals surface area (Å²) >= 11 is 0. The van der Waals surface area contributed by atoms with Gasteiger partial charge in [-0.05, 0) is 25.6 Å². The highest BCUT2D eigenvalue weighted by Crippen LogP contribution is 2.07. The van der Waals surface area contributed by atoms with E-state index >= 15 is 0 Å². The fourth-order valence-electron chi connectivity index (χ4n) is 1.64. The molecule has 2 N–H and O–H groups in total. The van der Waals surface area contributed by atoms with Gasteiger partial charge in [-0.15, -0.1) is 0 Å². The second-order valence-corrected chi connectivity index (χ2v) is 4.23. The molecule has 1 aromatic heterocycles. The van der Waals surface area contributed by atoms with Gasteiger partial charge >= 0.3 is 0 Å². The topological polar surface area (TPSA) is 49.8 Å². The summed E-state index contributed by atoms with van der Waals surface area (Å²) in [6, 6.07) is 10.4. The fourth-order valence-corrected chi connectivity index (χ4v) is 1.64. The maximum absolute atomic E-state index is 4.41. The zero-order chi connectivity index (χ0) is 12.8. The summed E-state index contributed by atoms with van der Waals surface area (Å²) in [6.07, 6.45) is 1.77. The molecule has 94 valence electrons. The summed E-state index contributed by atoms with van der Waals surface area (Å²) in [5.41, 5.74) is 2.52. The van der Waals surface area contributed by atoms with Gasteiger partial charge in [0, 0.05) is 12.7 Å². The summed E-state index contributed by atoms with van der Waals surface area (Å²) < 4.78 is 0. The summed E-state index contributed by atoms with van der Waals surface area (Å²) in [5, 5.41) is 6.34. The Bertz CT molecular complexity index is 493. The van der Waals surface area contributed by atoms with Crippen LogP contribution in [0.25, 0.3) is 0 Å². The Morgan fingerprint density at radius 1 is 1.06 bits per heavy atom. The maximum atomic E-state index is 4.41. The van der Waals surface area contributed by atoms with E-state index < -0.39 is 0 Å². The van der Waals surface area contributed by atoms with Crippen LogP contribution in [0.2, 0.25) is 0 Å². The number of nitrogens with one attached hydrogen (secondary N) is 2. The van der Waals surface area contributed by atoms with Crippen LogP contribution in [0.4, 0.5) is 5.82 Å². The molecule has 0 spiro atoms. The van der Waals surface area contributed by atoms with Gasteiger partial charge in [-0.2, -0.15) is 0 Å². The summed E-state index contributed by atoms with van der Waals surface area (Å²) in [6.45, 7) is 3.54. The number of anilines is 1. The van der Waals surface area contributed by atoms with Gasteiger partial charge in [-0.3, -0.25) is 0 Å². The van der Waals surface area contributed by atoms with Crippen molar-refractivity contribution in [1.82, 2.24) is 15.3 Å². The molecule has 4 nitrogen and oxygen atoms in total. The smallest absolute Gasteiger partial charge is 0.144 e. The molecule has 1 aromatic carbocycles. The van der Waals surface area contributed by atoms with E-state index in [0.29, 0.717) is 6.54 Å². The van der Waals surface area contributed by atoms with Crippen molar-refractivity contribution < 1.29 is 0 Å². The van der Waals surface area contributed by atoms with E-state index in [1.165, 1.54) is 11.1 Å². The van der Waals surface area contributed by atoms with Gasteiger partial charge in [0.1, 0.15) is 11.6 Å². The predicted molar refractivity (Wildman–Crippen MR) is 73.3 cm³/mol. The summed E-state index contributed by atoms with van der Waals surface area (Å²) in [4.78, 5) is 8.59. The average molecular weight is 242 g/mol. The molecule has 1 heterocycles. The number of aromatic nitrogens is 2. The first-order chi connectivity index (χ1) is 8.78. The van der Waals surface area contributed by atoms with Crippen molar-refractivity contribution in [3.8, 4) is 0 Å². The molecule has 4 heteroatoms. The molecule has 0 bridgehead atoms. The fraction of sp³-hybridized carbons (Fsp3) is 0.286. The molecule has 18 heavy (non-hydrogen) atoms. The van der Waals surface area contributed by atoms with Gasteiger partial charge in [0.15, 0.2) is 0 Å². The molecule has 0 aliphatic heterocycles. The molecule has 0 aliphatic carbocycles. The Morgan fingerprint density at radius 3 is 2.56 bits per heavy atom. The van der Waals surface area contributed by atoms with Crippen molar-refractivity contribution in [2.45, 2.75) is 20.0 Å². The molecular weight excluding hydrogens is 224 g/mol. The van der Waals surface area contributed by atoms with E-state index in [0.717, 1.165) is 18.2 Å². The zero-order valence-electron chi connectivity index (χ0n) is 10.8. The van der Waals surface area contributed by atoms with Crippen molar-refractivity contribution in [3.05, 3.63) is 53.5 Å². The number of nitrogens with zero attached hydrogens (tertiary/aromatic N) is 2. The third kappa shape index (κ3) is 3.53. The first kappa shape index (κ1) is 12.5. The van der Waals surface area contributed by atoms with Crippen LogP contribution in [-0.2, 0) is 13.1 Å².